The Hall–Kier alpha value is -0.900. The minimum absolute atomic E-state index is 0.195. The lowest BCUT2D eigenvalue weighted by Gasteiger charge is -2.22. The number of nitrogens with two attached hydrogens (primary N) is 1. The Morgan fingerprint density at radius 1 is 1.35 bits per heavy atom. The van der Waals surface area contributed by atoms with Crippen molar-refractivity contribution in [2.75, 3.05) is 13.7 Å². The van der Waals surface area contributed by atoms with Crippen molar-refractivity contribution in [1.29, 1.82) is 0 Å². The van der Waals surface area contributed by atoms with Crippen LogP contribution in [0.15, 0.2) is 18.2 Å². The van der Waals surface area contributed by atoms with Gasteiger partial charge >= 0.3 is 0 Å². The van der Waals surface area contributed by atoms with Gasteiger partial charge in [0, 0.05) is 19.8 Å². The van der Waals surface area contributed by atoms with Crippen molar-refractivity contribution >= 4 is 0 Å². The summed E-state index contributed by atoms with van der Waals surface area (Å²) in [5.74, 6) is 6.15. The average molecular weight is 236 g/mol. The van der Waals surface area contributed by atoms with E-state index in [1.165, 1.54) is 16.7 Å². The molecule has 0 heterocycles. The molecule has 0 aliphatic rings. The average Bonchev–Trinajstić information content (AvgIpc) is 2.27. The van der Waals surface area contributed by atoms with E-state index >= 15 is 0 Å². The fraction of sp³-hybridized carbons (Fsp3) is 0.571. The predicted octanol–water partition coefficient (Wildman–Crippen LogP) is 2.48. The summed E-state index contributed by atoms with van der Waals surface area (Å²) in [6, 6.07) is 6.68. The Morgan fingerprint density at radius 2 is 2.06 bits per heavy atom. The zero-order chi connectivity index (χ0) is 12.8. The van der Waals surface area contributed by atoms with Crippen molar-refractivity contribution in [2.45, 2.75) is 33.2 Å². The van der Waals surface area contributed by atoms with E-state index in [0.717, 1.165) is 13.0 Å². The largest absolute Gasteiger partial charge is 0.384 e. The Labute approximate surface area is 104 Å². The Kier molecular flexibility index (Phi) is 5.62. The zero-order valence-corrected chi connectivity index (χ0v) is 11.3. The second-order valence-corrected chi connectivity index (χ2v) is 4.88. The molecule has 0 aliphatic carbocycles. The molecule has 3 nitrogen and oxygen atoms in total. The molecular weight excluding hydrogens is 212 g/mol. The van der Waals surface area contributed by atoms with Crippen LogP contribution in [0, 0.1) is 19.8 Å². The highest BCUT2D eigenvalue weighted by molar-refractivity contribution is 5.32. The molecule has 2 unspecified atom stereocenters. The normalized spacial score (nSPS) is 14.6. The first-order chi connectivity index (χ1) is 8.08. The molecule has 2 atom stereocenters. The van der Waals surface area contributed by atoms with Gasteiger partial charge in [0.15, 0.2) is 0 Å². The molecule has 0 spiro atoms. The van der Waals surface area contributed by atoms with Gasteiger partial charge in [-0.25, -0.2) is 0 Å². The third kappa shape index (κ3) is 4.11. The lowest BCUT2D eigenvalue weighted by Crippen LogP contribution is -2.30. The van der Waals surface area contributed by atoms with Gasteiger partial charge in [0.2, 0.25) is 0 Å². The Morgan fingerprint density at radius 3 is 2.59 bits per heavy atom. The van der Waals surface area contributed by atoms with Gasteiger partial charge in [-0.2, -0.15) is 0 Å². The van der Waals surface area contributed by atoms with Crippen LogP contribution in [-0.4, -0.2) is 13.7 Å². The number of ether oxygens (including phenoxy) is 1. The summed E-state index contributed by atoms with van der Waals surface area (Å²) in [5, 5.41) is 0. The van der Waals surface area contributed by atoms with Gasteiger partial charge in [-0.1, -0.05) is 30.7 Å². The fourth-order valence-electron chi connectivity index (χ4n) is 2.26. The van der Waals surface area contributed by atoms with Crippen LogP contribution in [0.1, 0.15) is 36.1 Å². The molecule has 17 heavy (non-hydrogen) atoms. The van der Waals surface area contributed by atoms with Crippen LogP contribution in [0.25, 0.3) is 0 Å². The summed E-state index contributed by atoms with van der Waals surface area (Å²) in [6.07, 6.45) is 0.980. The number of methoxy groups -OCH3 is 1. The second-order valence-electron chi connectivity index (χ2n) is 4.88. The molecule has 1 aromatic carbocycles. The first-order valence-electron chi connectivity index (χ1n) is 6.10. The number of nitrogens with one attached hydrogen (secondary N) is 1. The first kappa shape index (κ1) is 14.2. The summed E-state index contributed by atoms with van der Waals surface area (Å²) in [6.45, 7) is 7.18. The smallest absolute Gasteiger partial charge is 0.0488 e. The molecular formula is C14H24N2O. The number of hydrogen-bond acceptors (Lipinski definition) is 3. The molecule has 3 heteroatoms. The number of aryl methyl sites for hydroxylation is 2. The second kappa shape index (κ2) is 6.74. The summed E-state index contributed by atoms with van der Waals surface area (Å²) in [4.78, 5) is 0. The zero-order valence-electron chi connectivity index (χ0n) is 11.3. The molecule has 1 rings (SSSR count). The third-order valence-electron chi connectivity index (χ3n) is 3.09. The van der Waals surface area contributed by atoms with Crippen LogP contribution < -0.4 is 11.3 Å². The molecule has 3 N–H and O–H groups in total. The summed E-state index contributed by atoms with van der Waals surface area (Å²) in [7, 11) is 1.73. The molecule has 0 saturated carbocycles. The van der Waals surface area contributed by atoms with E-state index in [0.29, 0.717) is 5.92 Å². The molecule has 0 fully saturated rings. The van der Waals surface area contributed by atoms with E-state index in [4.69, 9.17) is 10.6 Å². The standard InChI is InChI=1S/C14H24N2O/c1-10-5-6-13(12(3)7-10)14(16-15)8-11(2)9-17-4/h5-7,11,14,16H,8-9,15H2,1-4H3. The summed E-state index contributed by atoms with van der Waals surface area (Å²) < 4.78 is 5.17. The van der Waals surface area contributed by atoms with Gasteiger partial charge < -0.3 is 4.74 Å². The van der Waals surface area contributed by atoms with Crippen LogP contribution in [0.4, 0.5) is 0 Å². The summed E-state index contributed by atoms with van der Waals surface area (Å²) >= 11 is 0. The van der Waals surface area contributed by atoms with Gasteiger partial charge in [-0.05, 0) is 37.3 Å². The maximum atomic E-state index is 5.67. The van der Waals surface area contributed by atoms with Crippen LogP contribution in [0.3, 0.4) is 0 Å². The van der Waals surface area contributed by atoms with Crippen molar-refractivity contribution in [2.24, 2.45) is 11.8 Å². The van der Waals surface area contributed by atoms with E-state index in [-0.39, 0.29) is 6.04 Å². The van der Waals surface area contributed by atoms with Gasteiger partial charge in [0.25, 0.3) is 0 Å². The number of hydrazine groups is 1. The lowest BCUT2D eigenvalue weighted by atomic mass is 9.93. The van der Waals surface area contributed by atoms with E-state index in [2.05, 4.69) is 44.4 Å². The molecule has 0 radical (unpaired) electrons. The third-order valence-corrected chi connectivity index (χ3v) is 3.09. The van der Waals surface area contributed by atoms with Crippen LogP contribution in [0.2, 0.25) is 0 Å². The van der Waals surface area contributed by atoms with Gasteiger partial charge in [-0.3, -0.25) is 11.3 Å². The monoisotopic (exact) mass is 236 g/mol. The van der Waals surface area contributed by atoms with E-state index in [1.807, 2.05) is 0 Å². The van der Waals surface area contributed by atoms with Crippen molar-refractivity contribution < 1.29 is 4.74 Å². The van der Waals surface area contributed by atoms with Gasteiger partial charge in [0.05, 0.1) is 0 Å². The first-order valence-corrected chi connectivity index (χ1v) is 6.10. The molecule has 0 aromatic heterocycles. The minimum Gasteiger partial charge on any atom is -0.384 e. The minimum atomic E-state index is 0.195. The Bertz CT molecular complexity index is 352. The van der Waals surface area contributed by atoms with E-state index in [9.17, 15) is 0 Å². The van der Waals surface area contributed by atoms with Gasteiger partial charge in [0.1, 0.15) is 0 Å². The SMILES string of the molecule is COCC(C)CC(NN)c1ccc(C)cc1C. The highest BCUT2D eigenvalue weighted by Crippen LogP contribution is 2.24. The van der Waals surface area contributed by atoms with Gasteiger partial charge in [-0.15, -0.1) is 0 Å². The van der Waals surface area contributed by atoms with E-state index < -0.39 is 0 Å². The molecule has 0 amide bonds. The van der Waals surface area contributed by atoms with Crippen molar-refractivity contribution in [3.8, 4) is 0 Å². The topological polar surface area (TPSA) is 47.3 Å². The number of benzene rings is 1. The highest BCUT2D eigenvalue weighted by Gasteiger charge is 2.15. The Balaban J connectivity index is 2.79. The quantitative estimate of drug-likeness (QED) is 0.589. The molecule has 96 valence electrons. The predicted molar refractivity (Wildman–Crippen MR) is 71.6 cm³/mol. The van der Waals surface area contributed by atoms with Crippen molar-refractivity contribution in [1.82, 2.24) is 5.43 Å². The van der Waals surface area contributed by atoms with Crippen LogP contribution in [0.5, 0.6) is 0 Å². The number of rotatable bonds is 6. The molecule has 0 saturated heterocycles. The maximum Gasteiger partial charge on any atom is 0.0488 e. The van der Waals surface area contributed by atoms with E-state index in [1.54, 1.807) is 7.11 Å². The number of hydrogen-bond donors (Lipinski definition) is 2. The maximum absolute atomic E-state index is 5.67. The molecule has 0 bridgehead atoms. The van der Waals surface area contributed by atoms with Crippen LogP contribution in [-0.2, 0) is 4.74 Å². The fourth-order valence-corrected chi connectivity index (χ4v) is 2.26. The highest BCUT2D eigenvalue weighted by atomic mass is 16.5. The molecule has 1 aromatic rings. The molecule has 0 aliphatic heterocycles. The lowest BCUT2D eigenvalue weighted by molar-refractivity contribution is 0.149. The summed E-state index contributed by atoms with van der Waals surface area (Å²) in [5.41, 5.74) is 6.76. The van der Waals surface area contributed by atoms with Crippen LogP contribution >= 0.6 is 0 Å². The van der Waals surface area contributed by atoms with Crippen molar-refractivity contribution in [3.05, 3.63) is 34.9 Å². The van der Waals surface area contributed by atoms with Crippen molar-refractivity contribution in [3.63, 3.8) is 0 Å².